The summed E-state index contributed by atoms with van der Waals surface area (Å²) in [5.74, 6) is -1.35. The minimum absolute atomic E-state index is 0.255. The fourth-order valence-corrected chi connectivity index (χ4v) is 3.24. The van der Waals surface area contributed by atoms with Crippen molar-refractivity contribution in [2.24, 2.45) is 0 Å². The minimum atomic E-state index is -0.547. The topological polar surface area (TPSA) is 86.9 Å². The molecule has 0 unspecified atom stereocenters. The van der Waals surface area contributed by atoms with Crippen molar-refractivity contribution in [3.8, 4) is 11.3 Å². The number of hydrogen-bond donors (Lipinski definition) is 3. The van der Waals surface area contributed by atoms with Gasteiger partial charge in [0.15, 0.2) is 0 Å². The fraction of sp³-hybridized carbons (Fsp3) is 0.0417. The molecule has 1 heterocycles. The zero-order valence-electron chi connectivity index (χ0n) is 16.1. The molecule has 4 rings (SSSR count). The lowest BCUT2D eigenvalue weighted by atomic mass is 9.91. The number of aromatic nitrogens is 2. The Labute approximate surface area is 173 Å². The fourth-order valence-electron chi connectivity index (χ4n) is 3.24. The molecular formula is C24H20N4O2. The highest BCUT2D eigenvalue weighted by atomic mass is 16.2. The maximum Gasteiger partial charge on any atom is 0.287 e. The predicted molar refractivity (Wildman–Crippen MR) is 114 cm³/mol. The number of rotatable bonds is 5. The summed E-state index contributed by atoms with van der Waals surface area (Å²) in [5.41, 5.74) is 8.49. The summed E-state index contributed by atoms with van der Waals surface area (Å²) in [7, 11) is 0. The van der Waals surface area contributed by atoms with Crippen molar-refractivity contribution in [1.82, 2.24) is 21.0 Å². The third kappa shape index (κ3) is 4.28. The van der Waals surface area contributed by atoms with Gasteiger partial charge >= 0.3 is 0 Å². The van der Waals surface area contributed by atoms with Crippen LogP contribution >= 0.6 is 0 Å². The summed E-state index contributed by atoms with van der Waals surface area (Å²) in [6, 6.07) is 30.0. The molecule has 1 aromatic heterocycles. The molecule has 30 heavy (non-hydrogen) atoms. The van der Waals surface area contributed by atoms with Crippen molar-refractivity contribution in [3.05, 3.63) is 114 Å². The van der Waals surface area contributed by atoms with E-state index in [4.69, 9.17) is 0 Å². The molecular weight excluding hydrogens is 376 g/mol. The summed E-state index contributed by atoms with van der Waals surface area (Å²) in [6.45, 7) is 0. The van der Waals surface area contributed by atoms with Gasteiger partial charge in [0.25, 0.3) is 5.91 Å². The van der Waals surface area contributed by atoms with Crippen LogP contribution in [0.25, 0.3) is 11.3 Å². The van der Waals surface area contributed by atoms with Crippen molar-refractivity contribution >= 4 is 11.8 Å². The van der Waals surface area contributed by atoms with E-state index in [1.807, 2.05) is 91.0 Å². The van der Waals surface area contributed by atoms with Crippen LogP contribution in [0.2, 0.25) is 0 Å². The lowest BCUT2D eigenvalue weighted by molar-refractivity contribution is -0.122. The second kappa shape index (κ2) is 8.87. The number of nitrogens with zero attached hydrogens (tertiary/aromatic N) is 1. The van der Waals surface area contributed by atoms with Gasteiger partial charge in [-0.05, 0) is 17.2 Å². The Morgan fingerprint density at radius 1 is 0.733 bits per heavy atom. The van der Waals surface area contributed by atoms with Crippen LogP contribution in [0.4, 0.5) is 0 Å². The molecule has 0 fully saturated rings. The second-order valence-electron chi connectivity index (χ2n) is 6.73. The highest BCUT2D eigenvalue weighted by molar-refractivity contribution is 5.96. The maximum atomic E-state index is 13.0. The van der Waals surface area contributed by atoms with Gasteiger partial charge in [0.05, 0.1) is 11.6 Å². The first kappa shape index (κ1) is 19.1. The monoisotopic (exact) mass is 396 g/mol. The standard InChI is InChI=1S/C24H20N4O2/c29-23(21-16-20(25-26-21)17-10-4-1-5-11-17)27-28-24(30)22(18-12-6-2-7-13-18)19-14-8-3-9-15-19/h1-16,22H,(H,25,26)(H,27,29)(H,28,30). The maximum absolute atomic E-state index is 13.0. The van der Waals surface area contributed by atoms with Crippen LogP contribution in [0.15, 0.2) is 97.1 Å². The Bertz CT molecular complexity index is 1090. The molecule has 0 saturated heterocycles. The van der Waals surface area contributed by atoms with Gasteiger partial charge in [-0.15, -0.1) is 0 Å². The van der Waals surface area contributed by atoms with E-state index in [0.29, 0.717) is 5.69 Å². The number of H-pyrrole nitrogens is 1. The van der Waals surface area contributed by atoms with E-state index in [-0.39, 0.29) is 11.6 Å². The smallest absolute Gasteiger partial charge is 0.272 e. The molecule has 6 nitrogen and oxygen atoms in total. The molecule has 0 aliphatic rings. The molecule has 3 N–H and O–H groups in total. The molecule has 0 spiro atoms. The van der Waals surface area contributed by atoms with Crippen molar-refractivity contribution in [3.63, 3.8) is 0 Å². The van der Waals surface area contributed by atoms with E-state index < -0.39 is 11.8 Å². The summed E-state index contributed by atoms with van der Waals surface area (Å²) >= 11 is 0. The van der Waals surface area contributed by atoms with Crippen LogP contribution in [0, 0.1) is 0 Å². The van der Waals surface area contributed by atoms with Gasteiger partial charge in [-0.25, -0.2) is 0 Å². The number of aromatic amines is 1. The number of nitrogens with one attached hydrogen (secondary N) is 3. The molecule has 0 aliphatic heterocycles. The van der Waals surface area contributed by atoms with Crippen LogP contribution in [-0.2, 0) is 4.79 Å². The Kier molecular flexibility index (Phi) is 5.66. The van der Waals surface area contributed by atoms with E-state index in [1.165, 1.54) is 0 Å². The number of carbonyl (C=O) groups is 2. The van der Waals surface area contributed by atoms with Crippen LogP contribution < -0.4 is 10.9 Å². The number of hydrazine groups is 1. The lowest BCUT2D eigenvalue weighted by Crippen LogP contribution is -2.44. The molecule has 2 amide bonds. The summed E-state index contributed by atoms with van der Waals surface area (Å²) in [4.78, 5) is 25.4. The van der Waals surface area contributed by atoms with Crippen molar-refractivity contribution in [2.75, 3.05) is 0 Å². The molecule has 0 aliphatic carbocycles. The number of amides is 2. The van der Waals surface area contributed by atoms with Crippen LogP contribution in [0.5, 0.6) is 0 Å². The van der Waals surface area contributed by atoms with Gasteiger partial charge in [-0.2, -0.15) is 5.10 Å². The Morgan fingerprint density at radius 3 is 1.83 bits per heavy atom. The van der Waals surface area contributed by atoms with Gasteiger partial charge in [-0.1, -0.05) is 91.0 Å². The van der Waals surface area contributed by atoms with Crippen LogP contribution in [-0.4, -0.2) is 22.0 Å². The molecule has 4 aromatic rings. The molecule has 6 heteroatoms. The van der Waals surface area contributed by atoms with Gasteiger partial charge in [0.1, 0.15) is 5.69 Å². The normalized spacial score (nSPS) is 10.6. The highest BCUT2D eigenvalue weighted by Gasteiger charge is 2.23. The SMILES string of the molecule is O=C(NNC(=O)C(c1ccccc1)c1ccccc1)c1cc(-c2ccccc2)n[nH]1. The number of benzene rings is 3. The lowest BCUT2D eigenvalue weighted by Gasteiger charge is -2.18. The van der Waals surface area contributed by atoms with Crippen molar-refractivity contribution in [2.45, 2.75) is 5.92 Å². The summed E-state index contributed by atoms with van der Waals surface area (Å²) in [5, 5.41) is 6.87. The van der Waals surface area contributed by atoms with Gasteiger partial charge < -0.3 is 0 Å². The average Bonchev–Trinajstić information content (AvgIpc) is 3.30. The average molecular weight is 396 g/mol. The second-order valence-corrected chi connectivity index (χ2v) is 6.73. The molecule has 0 bridgehead atoms. The Morgan fingerprint density at radius 2 is 1.27 bits per heavy atom. The van der Waals surface area contributed by atoms with Crippen molar-refractivity contribution < 1.29 is 9.59 Å². The summed E-state index contributed by atoms with van der Waals surface area (Å²) < 4.78 is 0. The zero-order valence-corrected chi connectivity index (χ0v) is 16.1. The quantitative estimate of drug-likeness (QED) is 0.450. The zero-order chi connectivity index (χ0) is 20.8. The Hall–Kier alpha value is -4.19. The Balaban J connectivity index is 1.47. The van der Waals surface area contributed by atoms with Gasteiger partial charge in [0.2, 0.25) is 5.91 Å². The van der Waals surface area contributed by atoms with E-state index in [1.54, 1.807) is 6.07 Å². The minimum Gasteiger partial charge on any atom is -0.272 e. The van der Waals surface area contributed by atoms with E-state index in [0.717, 1.165) is 16.7 Å². The molecule has 0 atom stereocenters. The van der Waals surface area contributed by atoms with E-state index >= 15 is 0 Å². The van der Waals surface area contributed by atoms with Gasteiger partial charge in [0, 0.05) is 5.56 Å². The highest BCUT2D eigenvalue weighted by Crippen LogP contribution is 2.24. The predicted octanol–water partition coefficient (Wildman–Crippen LogP) is 3.67. The first-order chi connectivity index (χ1) is 14.7. The number of hydrogen-bond acceptors (Lipinski definition) is 3. The molecule has 148 valence electrons. The van der Waals surface area contributed by atoms with E-state index in [2.05, 4.69) is 21.0 Å². The van der Waals surface area contributed by atoms with E-state index in [9.17, 15) is 9.59 Å². The van der Waals surface area contributed by atoms with Gasteiger partial charge in [-0.3, -0.25) is 25.5 Å². The van der Waals surface area contributed by atoms with Crippen LogP contribution in [0.1, 0.15) is 27.5 Å². The molecule has 3 aromatic carbocycles. The largest absolute Gasteiger partial charge is 0.287 e. The third-order valence-corrected chi connectivity index (χ3v) is 4.72. The van der Waals surface area contributed by atoms with Crippen LogP contribution in [0.3, 0.4) is 0 Å². The summed E-state index contributed by atoms with van der Waals surface area (Å²) in [6.07, 6.45) is 0. The van der Waals surface area contributed by atoms with Crippen molar-refractivity contribution in [1.29, 1.82) is 0 Å². The molecule has 0 saturated carbocycles. The first-order valence-corrected chi connectivity index (χ1v) is 9.53. The third-order valence-electron chi connectivity index (χ3n) is 4.72. The first-order valence-electron chi connectivity index (χ1n) is 9.53. The molecule has 0 radical (unpaired) electrons. The number of carbonyl (C=O) groups excluding carboxylic acids is 2.